The number of anilines is 1. The van der Waals surface area contributed by atoms with Crippen LogP contribution in [0.2, 0.25) is 0 Å². The molecule has 2 aromatic rings. The summed E-state index contributed by atoms with van der Waals surface area (Å²) in [6.45, 7) is 1.94. The van der Waals surface area contributed by atoms with Crippen LogP contribution in [0.15, 0.2) is 30.6 Å². The predicted molar refractivity (Wildman–Crippen MR) is 65.3 cm³/mol. The highest BCUT2D eigenvalue weighted by atomic mass is 19.1. The Bertz CT molecular complexity index is 622. The standard InChI is InChI=1S/C13H13F2N3O/c1-9-17(2)5-6-18(9)8-13(19)16-12-4-3-10(14)7-11(12)15/h3-7H,8H2,1-2H3/p+1. The van der Waals surface area contributed by atoms with Gasteiger partial charge in [-0.15, -0.1) is 0 Å². The molecule has 0 radical (unpaired) electrons. The van der Waals surface area contributed by atoms with E-state index in [1.807, 2.05) is 24.7 Å². The summed E-state index contributed by atoms with van der Waals surface area (Å²) in [6, 6.07) is 3.03. The number of nitrogens with zero attached hydrogens (tertiary/aromatic N) is 2. The number of rotatable bonds is 3. The molecule has 1 aromatic carbocycles. The number of halogens is 2. The van der Waals surface area contributed by atoms with Gasteiger partial charge in [0, 0.05) is 13.0 Å². The van der Waals surface area contributed by atoms with Crippen LogP contribution in [0.1, 0.15) is 5.82 Å². The van der Waals surface area contributed by atoms with Crippen LogP contribution >= 0.6 is 0 Å². The molecule has 1 amide bonds. The lowest BCUT2D eigenvalue weighted by molar-refractivity contribution is -0.677. The molecule has 1 aromatic heterocycles. The Morgan fingerprint density at radius 3 is 2.74 bits per heavy atom. The van der Waals surface area contributed by atoms with E-state index in [2.05, 4.69) is 5.32 Å². The fraction of sp³-hybridized carbons (Fsp3) is 0.231. The van der Waals surface area contributed by atoms with Gasteiger partial charge in [-0.25, -0.2) is 17.9 Å². The molecule has 19 heavy (non-hydrogen) atoms. The van der Waals surface area contributed by atoms with E-state index >= 15 is 0 Å². The first-order valence-electron chi connectivity index (χ1n) is 5.73. The average molecular weight is 266 g/mol. The van der Waals surface area contributed by atoms with Crippen molar-refractivity contribution in [3.05, 3.63) is 48.1 Å². The number of aromatic nitrogens is 2. The summed E-state index contributed by atoms with van der Waals surface area (Å²) < 4.78 is 29.7. The largest absolute Gasteiger partial charge is 0.320 e. The van der Waals surface area contributed by atoms with Gasteiger partial charge in [0.25, 0.3) is 11.7 Å². The fourth-order valence-corrected chi connectivity index (χ4v) is 1.70. The molecule has 0 aliphatic heterocycles. The number of amides is 1. The van der Waals surface area contributed by atoms with E-state index in [9.17, 15) is 13.6 Å². The molecule has 0 spiro atoms. The molecule has 0 unspecified atom stereocenters. The monoisotopic (exact) mass is 266 g/mol. The molecule has 1 heterocycles. The molecule has 0 aliphatic carbocycles. The maximum absolute atomic E-state index is 13.4. The Kier molecular flexibility index (Phi) is 3.59. The first kappa shape index (κ1) is 13.2. The summed E-state index contributed by atoms with van der Waals surface area (Å²) in [5.74, 6) is -0.938. The minimum Gasteiger partial charge on any atom is -0.320 e. The molecule has 6 heteroatoms. The highest BCUT2D eigenvalue weighted by molar-refractivity contribution is 5.90. The van der Waals surface area contributed by atoms with Crippen molar-refractivity contribution < 1.29 is 18.1 Å². The molecule has 0 saturated carbocycles. The molecule has 0 atom stereocenters. The topological polar surface area (TPSA) is 37.9 Å². The molecule has 0 bridgehead atoms. The van der Waals surface area contributed by atoms with Gasteiger partial charge >= 0.3 is 0 Å². The highest BCUT2D eigenvalue weighted by Gasteiger charge is 2.14. The number of hydrogen-bond donors (Lipinski definition) is 1. The van der Waals surface area contributed by atoms with Crippen LogP contribution in [-0.2, 0) is 18.4 Å². The Balaban J connectivity index is 2.07. The molecule has 0 fully saturated rings. The van der Waals surface area contributed by atoms with E-state index in [0.29, 0.717) is 0 Å². The van der Waals surface area contributed by atoms with Crippen LogP contribution in [0.5, 0.6) is 0 Å². The third-order valence-corrected chi connectivity index (χ3v) is 2.92. The maximum Gasteiger partial charge on any atom is 0.266 e. The molecule has 2 rings (SSSR count). The minimum atomic E-state index is -0.789. The number of benzene rings is 1. The van der Waals surface area contributed by atoms with E-state index in [-0.39, 0.29) is 18.1 Å². The summed E-state index contributed by atoms with van der Waals surface area (Å²) in [6.07, 6.45) is 3.58. The number of nitrogens with one attached hydrogen (secondary N) is 1. The quantitative estimate of drug-likeness (QED) is 0.841. The van der Waals surface area contributed by atoms with Gasteiger partial charge in [-0.05, 0) is 12.1 Å². The molecule has 1 N–H and O–H groups in total. The van der Waals surface area contributed by atoms with Crippen molar-refractivity contribution in [3.63, 3.8) is 0 Å². The van der Waals surface area contributed by atoms with Gasteiger partial charge in [-0.3, -0.25) is 4.79 Å². The Hall–Kier alpha value is -2.24. The zero-order chi connectivity index (χ0) is 14.0. The van der Waals surface area contributed by atoms with Crippen molar-refractivity contribution in [1.29, 1.82) is 0 Å². The van der Waals surface area contributed by atoms with Crippen LogP contribution in [0.3, 0.4) is 0 Å². The SMILES string of the molecule is Cc1n(CC(=O)Nc2ccc(F)cc2F)cc[n+]1C. The van der Waals surface area contributed by atoms with Crippen LogP contribution < -0.4 is 9.88 Å². The van der Waals surface area contributed by atoms with Crippen molar-refractivity contribution in [3.8, 4) is 0 Å². The second kappa shape index (κ2) is 5.17. The zero-order valence-electron chi connectivity index (χ0n) is 10.7. The summed E-state index contributed by atoms with van der Waals surface area (Å²) in [5, 5.41) is 2.41. The number of carbonyl (C=O) groups excluding carboxylic acids is 1. The van der Waals surface area contributed by atoms with Gasteiger partial charge in [0.1, 0.15) is 24.0 Å². The summed E-state index contributed by atoms with van der Waals surface area (Å²) in [7, 11) is 1.86. The first-order chi connectivity index (χ1) is 8.97. The fourth-order valence-electron chi connectivity index (χ4n) is 1.70. The molecular formula is C13H14F2N3O+. The third kappa shape index (κ3) is 2.96. The first-order valence-corrected chi connectivity index (χ1v) is 5.73. The van der Waals surface area contributed by atoms with Gasteiger partial charge in [0.05, 0.1) is 12.7 Å². The summed E-state index contributed by atoms with van der Waals surface area (Å²) in [5.41, 5.74) is -0.0272. The second-order valence-corrected chi connectivity index (χ2v) is 4.26. The van der Waals surface area contributed by atoms with Crippen LogP contribution in [-0.4, -0.2) is 10.5 Å². The van der Waals surface area contributed by atoms with Crippen molar-refractivity contribution in [2.45, 2.75) is 13.5 Å². The molecular weight excluding hydrogens is 252 g/mol. The zero-order valence-corrected chi connectivity index (χ0v) is 10.7. The lowest BCUT2D eigenvalue weighted by Crippen LogP contribution is -2.31. The Morgan fingerprint density at radius 1 is 1.42 bits per heavy atom. The Morgan fingerprint density at radius 2 is 2.16 bits per heavy atom. The molecule has 4 nitrogen and oxygen atoms in total. The van der Waals surface area contributed by atoms with Crippen molar-refractivity contribution in [2.24, 2.45) is 7.05 Å². The number of imidazole rings is 1. The summed E-state index contributed by atoms with van der Waals surface area (Å²) in [4.78, 5) is 11.8. The highest BCUT2D eigenvalue weighted by Crippen LogP contribution is 2.14. The Labute approximate surface area is 109 Å². The van der Waals surface area contributed by atoms with Gasteiger partial charge in [-0.1, -0.05) is 0 Å². The van der Waals surface area contributed by atoms with Gasteiger partial charge < -0.3 is 5.32 Å². The van der Waals surface area contributed by atoms with E-state index in [0.717, 1.165) is 18.0 Å². The van der Waals surface area contributed by atoms with Gasteiger partial charge in [0.15, 0.2) is 6.54 Å². The molecule has 0 saturated heterocycles. The van der Waals surface area contributed by atoms with E-state index < -0.39 is 11.6 Å². The normalized spacial score (nSPS) is 10.5. The van der Waals surface area contributed by atoms with Crippen molar-refractivity contribution in [1.82, 2.24) is 4.57 Å². The van der Waals surface area contributed by atoms with E-state index in [1.165, 1.54) is 6.07 Å². The van der Waals surface area contributed by atoms with Crippen LogP contribution in [0.4, 0.5) is 14.5 Å². The van der Waals surface area contributed by atoms with Crippen LogP contribution in [0, 0.1) is 18.6 Å². The average Bonchev–Trinajstić information content (AvgIpc) is 2.65. The van der Waals surface area contributed by atoms with E-state index in [1.54, 1.807) is 10.8 Å². The van der Waals surface area contributed by atoms with Crippen molar-refractivity contribution >= 4 is 11.6 Å². The number of hydrogen-bond acceptors (Lipinski definition) is 1. The summed E-state index contributed by atoms with van der Waals surface area (Å²) >= 11 is 0. The second-order valence-electron chi connectivity index (χ2n) is 4.26. The van der Waals surface area contributed by atoms with Crippen molar-refractivity contribution in [2.75, 3.05) is 5.32 Å². The molecule has 100 valence electrons. The minimum absolute atomic E-state index is 0.0272. The lowest BCUT2D eigenvalue weighted by atomic mass is 10.3. The van der Waals surface area contributed by atoms with E-state index in [4.69, 9.17) is 0 Å². The number of carbonyl (C=O) groups is 1. The smallest absolute Gasteiger partial charge is 0.266 e. The lowest BCUT2D eigenvalue weighted by Gasteiger charge is -2.05. The maximum atomic E-state index is 13.4. The van der Waals surface area contributed by atoms with Gasteiger partial charge in [-0.2, -0.15) is 0 Å². The third-order valence-electron chi connectivity index (χ3n) is 2.92. The predicted octanol–water partition coefficient (Wildman–Crippen LogP) is 1.54. The molecule has 0 aliphatic rings. The number of aryl methyl sites for hydroxylation is 1. The van der Waals surface area contributed by atoms with Crippen LogP contribution in [0.25, 0.3) is 0 Å². The van der Waals surface area contributed by atoms with Gasteiger partial charge in [0.2, 0.25) is 0 Å².